The topological polar surface area (TPSA) is 0 Å². The van der Waals surface area contributed by atoms with Crippen LogP contribution in [0, 0.1) is 165 Å². The van der Waals surface area contributed by atoms with Crippen LogP contribution >= 0.6 is 0 Å². The smallest absolute Gasteiger partial charge is 0.161 e. The van der Waals surface area contributed by atoms with Gasteiger partial charge in [0.05, 0.1) is 0 Å². The number of rotatable bonds is 0. The molecule has 0 radical (unpaired) electrons. The molecule has 88 heavy (non-hydrogen) atoms. The highest BCUT2D eigenvalue weighted by Crippen LogP contribution is 2.28. The number of aryl methyl sites for hydroxylation is 10. The van der Waals surface area contributed by atoms with Crippen LogP contribution < -0.4 is 0 Å². The van der Waals surface area contributed by atoms with E-state index in [1.165, 1.54) is 152 Å². The molecule has 0 aromatic heterocycles. The van der Waals surface area contributed by atoms with Crippen LogP contribution in [0.15, 0.2) is 133 Å². The molecule has 1 fully saturated rings. The largest absolute Gasteiger partial charge is 0.207 e. The van der Waals surface area contributed by atoms with Crippen LogP contribution in [0.5, 0.6) is 0 Å². The van der Waals surface area contributed by atoms with Gasteiger partial charge in [0.2, 0.25) is 0 Å². The van der Waals surface area contributed by atoms with E-state index >= 15 is 0 Å². The first kappa shape index (κ1) is 80.0. The Morgan fingerprint density at radius 1 is 0.273 bits per heavy atom. The van der Waals surface area contributed by atoms with Crippen LogP contribution in [0.4, 0.5) is 35.1 Å². The summed E-state index contributed by atoms with van der Waals surface area (Å²) in [5.41, 5.74) is 11.3. The van der Waals surface area contributed by atoms with Crippen LogP contribution in [0.3, 0.4) is 0 Å². The quantitative estimate of drug-likeness (QED) is 0.105. The van der Waals surface area contributed by atoms with Gasteiger partial charge in [-0.25, -0.2) is 35.1 Å². The molecule has 0 spiro atoms. The van der Waals surface area contributed by atoms with E-state index in [1.54, 1.807) is 63.1 Å². The van der Waals surface area contributed by atoms with Gasteiger partial charge in [0.15, 0.2) is 11.6 Å². The zero-order valence-electron chi connectivity index (χ0n) is 57.5. The second kappa shape index (κ2) is 42.8. The van der Waals surface area contributed by atoms with E-state index in [-0.39, 0.29) is 22.8 Å². The van der Waals surface area contributed by atoms with Crippen molar-refractivity contribution in [3.63, 3.8) is 0 Å². The van der Waals surface area contributed by atoms with E-state index in [0.29, 0.717) is 33.4 Å². The fraction of sp³-hybridized carbons (Fsp3) is 0.475. The van der Waals surface area contributed by atoms with Crippen molar-refractivity contribution in [2.24, 2.45) is 35.5 Å². The fourth-order valence-corrected chi connectivity index (χ4v) is 9.04. The fourth-order valence-electron chi connectivity index (χ4n) is 9.04. The van der Waals surface area contributed by atoms with Gasteiger partial charge >= 0.3 is 0 Å². The summed E-state index contributed by atoms with van der Waals surface area (Å²) in [7, 11) is 0. The van der Waals surface area contributed by atoms with Gasteiger partial charge in [0.1, 0.15) is 34.9 Å². The minimum atomic E-state index is -0.736. The highest BCUT2D eigenvalue weighted by Gasteiger charge is 2.14. The number of hydrogen-bond donors (Lipinski definition) is 0. The maximum absolute atomic E-state index is 12.6. The zero-order valence-corrected chi connectivity index (χ0v) is 57.5. The van der Waals surface area contributed by atoms with Gasteiger partial charge in [0.25, 0.3) is 0 Å². The summed E-state index contributed by atoms with van der Waals surface area (Å²) in [6.07, 6.45) is 26.2. The zero-order chi connectivity index (χ0) is 66.8. The predicted octanol–water partition coefficient (Wildman–Crippen LogP) is 25.9. The molecule has 0 aliphatic heterocycles. The molecule has 0 saturated heterocycles. The molecule has 6 aromatic rings. The first-order chi connectivity index (χ1) is 41.2. The van der Waals surface area contributed by atoms with E-state index < -0.39 is 34.9 Å². The Hall–Kier alpha value is -6.02. The van der Waals surface area contributed by atoms with Gasteiger partial charge < -0.3 is 0 Å². The Balaban J connectivity index is 0.000000489. The SMILES string of the molecule is CC1=CCC(C)CC1.CC1=CCC(C)CC1.CC1C=CC(C)CC1.CC1CCC(C)CC1.Cc1cc(F)c(C)c(F)c1.Cc1cc(F)c(C)c(F)c1.Cc1ccc(C)c(F)c1.Cc1ccc(C)c(F)c1.Cc1ccc(C)c(F)c1F.Cc1ccc(C)cc1. The van der Waals surface area contributed by atoms with Crippen LogP contribution in [0.2, 0.25) is 0 Å². The summed E-state index contributed by atoms with van der Waals surface area (Å²) < 4.78 is 101. The summed E-state index contributed by atoms with van der Waals surface area (Å²) in [5.74, 6) is 2.00. The highest BCUT2D eigenvalue weighted by atomic mass is 19.2. The third kappa shape index (κ3) is 35.2. The monoisotopic (exact) mass is 1220 g/mol. The number of hydrogen-bond acceptors (Lipinski definition) is 0. The number of benzene rings is 6. The predicted molar refractivity (Wildman–Crippen MR) is 362 cm³/mol. The lowest BCUT2D eigenvalue weighted by atomic mass is 9.84. The Kier molecular flexibility index (Phi) is 38.9. The van der Waals surface area contributed by atoms with Crippen molar-refractivity contribution in [1.29, 1.82) is 0 Å². The Morgan fingerprint density at radius 3 is 0.761 bits per heavy atom. The van der Waals surface area contributed by atoms with Gasteiger partial charge in [-0.05, 0) is 265 Å². The molecule has 4 atom stereocenters. The van der Waals surface area contributed by atoms with E-state index in [4.69, 9.17) is 0 Å². The maximum Gasteiger partial charge on any atom is 0.161 e. The van der Waals surface area contributed by atoms with Gasteiger partial charge in [-0.1, -0.05) is 174 Å². The van der Waals surface area contributed by atoms with Crippen molar-refractivity contribution in [2.45, 2.75) is 216 Å². The van der Waals surface area contributed by atoms with Crippen molar-refractivity contribution in [3.05, 3.63) is 246 Å². The minimum absolute atomic E-state index is 0.0885. The Morgan fingerprint density at radius 2 is 0.534 bits per heavy atom. The maximum atomic E-state index is 12.6. The van der Waals surface area contributed by atoms with E-state index in [9.17, 15) is 35.1 Å². The van der Waals surface area contributed by atoms with E-state index in [2.05, 4.69) is 118 Å². The minimum Gasteiger partial charge on any atom is -0.207 e. The van der Waals surface area contributed by atoms with Crippen molar-refractivity contribution in [1.82, 2.24) is 0 Å². The molecule has 10 rings (SSSR count). The molecule has 4 unspecified atom stereocenters. The van der Waals surface area contributed by atoms with Gasteiger partial charge in [-0.2, -0.15) is 0 Å². The number of allylic oxidation sites excluding steroid dienone is 6. The molecule has 0 heterocycles. The van der Waals surface area contributed by atoms with Gasteiger partial charge in [0, 0.05) is 11.1 Å². The highest BCUT2D eigenvalue weighted by molar-refractivity contribution is 5.27. The summed E-state index contributed by atoms with van der Waals surface area (Å²) in [6, 6.07) is 27.3. The van der Waals surface area contributed by atoms with E-state index in [0.717, 1.165) is 46.6 Å². The third-order valence-corrected chi connectivity index (χ3v) is 16.1. The van der Waals surface area contributed by atoms with Crippen molar-refractivity contribution < 1.29 is 35.1 Å². The van der Waals surface area contributed by atoms with Crippen LogP contribution in [0.25, 0.3) is 0 Å². The standard InChI is InChI=1S/3C8H8F2.2C8H9F.C8H16.3C8H14.C8H10/c2*1-5-3-7(9)6(2)8(10)4-5;1-5-3-4-6(2)8(10)7(5)9;2*1-6-3-4-7(2)8(9)5-6;5*1-7-3-5-8(2)6-4-7/h3*3-4H,1-2H3;2*3-5H,1-2H3;7-8H,3-6H2,1-2H3;2*3,8H,4-6H2,1-2H3;3,5,7-8H,4,6H2,1-2H3;3-6H,1-2H3. The summed E-state index contributed by atoms with van der Waals surface area (Å²) in [4.78, 5) is 0. The Labute approximate surface area is 529 Å². The average molecular weight is 1220 g/mol. The molecule has 0 N–H and O–H groups in total. The first-order valence-electron chi connectivity index (χ1n) is 31.9. The molecule has 0 amide bonds. The first-order valence-corrected chi connectivity index (χ1v) is 31.9. The molecule has 486 valence electrons. The van der Waals surface area contributed by atoms with Crippen molar-refractivity contribution in [3.8, 4) is 0 Å². The Bertz CT molecular complexity index is 2790. The second-order valence-corrected chi connectivity index (χ2v) is 25.8. The van der Waals surface area contributed by atoms with Gasteiger partial charge in [-0.3, -0.25) is 0 Å². The molecule has 6 aromatic carbocycles. The molecule has 4 aliphatic carbocycles. The normalized spacial score (nSPS) is 18.7. The van der Waals surface area contributed by atoms with Crippen LogP contribution in [-0.2, 0) is 0 Å². The summed E-state index contributed by atoms with van der Waals surface area (Å²) in [5, 5.41) is 0. The van der Waals surface area contributed by atoms with Gasteiger partial charge in [-0.15, -0.1) is 0 Å². The van der Waals surface area contributed by atoms with Crippen LogP contribution in [0.1, 0.15) is 199 Å². The summed E-state index contributed by atoms with van der Waals surface area (Å²) in [6.45, 7) is 39.1. The lowest BCUT2D eigenvalue weighted by Crippen LogP contribution is -2.08. The molecular weight excluding hydrogens is 1110 g/mol. The van der Waals surface area contributed by atoms with Crippen molar-refractivity contribution in [2.75, 3.05) is 0 Å². The third-order valence-electron chi connectivity index (χ3n) is 16.1. The second-order valence-electron chi connectivity index (χ2n) is 25.8. The average Bonchev–Trinajstić information content (AvgIpc) is 3.10. The molecule has 0 bridgehead atoms. The molecule has 8 heteroatoms. The molecule has 1 saturated carbocycles. The molecule has 4 aliphatic rings. The summed E-state index contributed by atoms with van der Waals surface area (Å²) >= 11 is 0. The lowest BCUT2D eigenvalue weighted by molar-refractivity contribution is 0.308. The van der Waals surface area contributed by atoms with E-state index in [1.807, 2.05) is 26.0 Å². The number of halogens is 8. The molecular formula is C80H110F8. The van der Waals surface area contributed by atoms with Crippen molar-refractivity contribution >= 4 is 0 Å². The lowest BCUT2D eigenvalue weighted by Gasteiger charge is -2.22. The molecule has 0 nitrogen and oxygen atoms in total. The van der Waals surface area contributed by atoms with Crippen LogP contribution in [-0.4, -0.2) is 0 Å².